The number of hydrogen-bond donors (Lipinski definition) is 3. The number of nitrogens with zero attached hydrogens (tertiary/aromatic N) is 2. The van der Waals surface area contributed by atoms with Crippen molar-refractivity contribution in [2.75, 3.05) is 10.6 Å². The Morgan fingerprint density at radius 2 is 1.83 bits per heavy atom. The van der Waals surface area contributed by atoms with Crippen LogP contribution < -0.4 is 10.6 Å². The van der Waals surface area contributed by atoms with Gasteiger partial charge in [0, 0.05) is 22.9 Å². The Kier molecular flexibility index (Phi) is 5.35. The summed E-state index contributed by atoms with van der Waals surface area (Å²) in [6.45, 7) is 0. The molecule has 1 aromatic heterocycles. The molecule has 1 fully saturated rings. The molecule has 1 aliphatic rings. The molecule has 7 heteroatoms. The van der Waals surface area contributed by atoms with Crippen LogP contribution in [0.25, 0.3) is 0 Å². The molecule has 5 nitrogen and oxygen atoms in total. The van der Waals surface area contributed by atoms with E-state index in [2.05, 4.69) is 36.5 Å². The Morgan fingerprint density at radius 3 is 2.52 bits per heavy atom. The van der Waals surface area contributed by atoms with E-state index < -0.39 is 0 Å². The fraction of sp³-hybridized carbons (Fsp3) is 0.375. The van der Waals surface area contributed by atoms with Crippen LogP contribution in [0.5, 0.6) is 0 Å². The van der Waals surface area contributed by atoms with Crippen molar-refractivity contribution in [2.24, 2.45) is 0 Å². The lowest BCUT2D eigenvalue weighted by Crippen LogP contribution is -2.28. The second-order valence-electron chi connectivity index (χ2n) is 5.67. The van der Waals surface area contributed by atoms with Crippen LogP contribution in [-0.4, -0.2) is 27.2 Å². The number of anilines is 3. The van der Waals surface area contributed by atoms with Gasteiger partial charge in [-0.2, -0.15) is 4.98 Å². The van der Waals surface area contributed by atoms with Crippen LogP contribution in [0, 0.1) is 0 Å². The lowest BCUT2D eigenvalue weighted by Gasteiger charge is -2.27. The smallest absolute Gasteiger partial charge is 0.229 e. The summed E-state index contributed by atoms with van der Waals surface area (Å²) in [5.41, 5.74) is 0.878. The Labute approximate surface area is 148 Å². The fourth-order valence-corrected chi connectivity index (χ4v) is 3.04. The minimum absolute atomic E-state index is 0.163. The molecule has 1 heterocycles. The number of aromatic nitrogens is 2. The average molecular weight is 398 g/mol. The van der Waals surface area contributed by atoms with E-state index in [0.717, 1.165) is 41.7 Å². The largest absolute Gasteiger partial charge is 0.393 e. The molecule has 0 saturated heterocycles. The quantitative estimate of drug-likeness (QED) is 0.715. The maximum atomic E-state index is 9.59. The Balaban J connectivity index is 1.70. The monoisotopic (exact) mass is 396 g/mol. The van der Waals surface area contributed by atoms with Crippen LogP contribution in [0.3, 0.4) is 0 Å². The first-order valence-corrected chi connectivity index (χ1v) is 8.77. The molecule has 1 aliphatic carbocycles. The first-order valence-electron chi connectivity index (χ1n) is 7.60. The van der Waals surface area contributed by atoms with E-state index in [1.54, 1.807) is 6.20 Å². The summed E-state index contributed by atoms with van der Waals surface area (Å²) in [6.07, 6.45) is 5.11. The molecule has 23 heavy (non-hydrogen) atoms. The highest BCUT2D eigenvalue weighted by Crippen LogP contribution is 2.27. The second-order valence-corrected chi connectivity index (χ2v) is 6.96. The molecule has 1 aromatic carbocycles. The highest BCUT2D eigenvalue weighted by atomic mass is 79.9. The van der Waals surface area contributed by atoms with Gasteiger partial charge in [-0.3, -0.25) is 0 Å². The summed E-state index contributed by atoms with van der Waals surface area (Å²) in [5, 5.41) is 16.9. The average Bonchev–Trinajstić information content (AvgIpc) is 2.55. The van der Waals surface area contributed by atoms with Crippen molar-refractivity contribution >= 4 is 45.0 Å². The predicted molar refractivity (Wildman–Crippen MR) is 96.4 cm³/mol. The first-order chi connectivity index (χ1) is 11.1. The van der Waals surface area contributed by atoms with Gasteiger partial charge in [-0.25, -0.2) is 4.98 Å². The fourth-order valence-electron chi connectivity index (χ4n) is 2.60. The van der Waals surface area contributed by atoms with Crippen LogP contribution in [0.15, 0.2) is 34.9 Å². The van der Waals surface area contributed by atoms with Gasteiger partial charge in [0.1, 0.15) is 5.82 Å². The van der Waals surface area contributed by atoms with E-state index in [-0.39, 0.29) is 6.10 Å². The van der Waals surface area contributed by atoms with E-state index in [0.29, 0.717) is 17.0 Å². The van der Waals surface area contributed by atoms with E-state index in [4.69, 9.17) is 11.6 Å². The normalized spacial score (nSPS) is 21.0. The van der Waals surface area contributed by atoms with Gasteiger partial charge in [0.15, 0.2) is 0 Å². The zero-order valence-electron chi connectivity index (χ0n) is 12.5. The third kappa shape index (κ3) is 4.56. The van der Waals surface area contributed by atoms with E-state index in [1.165, 1.54) is 0 Å². The van der Waals surface area contributed by atoms with Crippen molar-refractivity contribution in [3.05, 3.63) is 40.0 Å². The van der Waals surface area contributed by atoms with Crippen LogP contribution in [0.2, 0.25) is 5.02 Å². The van der Waals surface area contributed by atoms with Gasteiger partial charge >= 0.3 is 0 Å². The van der Waals surface area contributed by atoms with Crippen LogP contribution in [0.4, 0.5) is 17.5 Å². The van der Waals surface area contributed by atoms with Crippen molar-refractivity contribution in [1.82, 2.24) is 9.97 Å². The van der Waals surface area contributed by atoms with Gasteiger partial charge in [0.2, 0.25) is 5.95 Å². The molecule has 0 amide bonds. The summed E-state index contributed by atoms with van der Waals surface area (Å²) in [6, 6.07) is 7.71. The second kappa shape index (κ2) is 7.47. The number of aliphatic hydroxyl groups excluding tert-OH is 1. The number of benzene rings is 1. The summed E-state index contributed by atoms with van der Waals surface area (Å²) in [7, 11) is 0. The highest BCUT2D eigenvalue weighted by molar-refractivity contribution is 9.10. The van der Waals surface area contributed by atoms with Gasteiger partial charge in [0.05, 0.1) is 10.6 Å². The van der Waals surface area contributed by atoms with Crippen molar-refractivity contribution in [1.29, 1.82) is 0 Å². The standard InChI is InChI=1S/C16H18BrClN4O/c17-14-9-19-16(21-12-3-1-10(18)2-4-12)22-15(14)20-11-5-7-13(23)8-6-11/h1-4,9,11,13,23H,5-8H2,(H2,19,20,21,22). The highest BCUT2D eigenvalue weighted by Gasteiger charge is 2.20. The minimum Gasteiger partial charge on any atom is -0.393 e. The lowest BCUT2D eigenvalue weighted by atomic mass is 9.93. The third-order valence-electron chi connectivity index (χ3n) is 3.88. The molecule has 3 N–H and O–H groups in total. The molecule has 122 valence electrons. The Morgan fingerprint density at radius 1 is 1.13 bits per heavy atom. The Hall–Kier alpha value is -1.37. The molecule has 0 aliphatic heterocycles. The van der Waals surface area contributed by atoms with Gasteiger partial charge in [-0.1, -0.05) is 11.6 Å². The topological polar surface area (TPSA) is 70.1 Å². The van der Waals surface area contributed by atoms with Crippen molar-refractivity contribution < 1.29 is 5.11 Å². The molecular weight excluding hydrogens is 380 g/mol. The molecule has 0 unspecified atom stereocenters. The van der Waals surface area contributed by atoms with E-state index >= 15 is 0 Å². The molecule has 0 atom stereocenters. The summed E-state index contributed by atoms with van der Waals surface area (Å²) < 4.78 is 0.824. The molecule has 0 radical (unpaired) electrons. The number of aliphatic hydroxyl groups is 1. The van der Waals surface area contributed by atoms with Crippen molar-refractivity contribution in [3.8, 4) is 0 Å². The van der Waals surface area contributed by atoms with Crippen molar-refractivity contribution in [3.63, 3.8) is 0 Å². The SMILES string of the molecule is OC1CCC(Nc2nc(Nc3ccc(Cl)cc3)ncc2Br)CC1. The zero-order chi connectivity index (χ0) is 16.2. The maximum Gasteiger partial charge on any atom is 0.229 e. The van der Waals surface area contributed by atoms with Crippen LogP contribution in [0.1, 0.15) is 25.7 Å². The molecule has 2 aromatic rings. The maximum absolute atomic E-state index is 9.59. The molecule has 3 rings (SSSR count). The van der Waals surface area contributed by atoms with E-state index in [1.807, 2.05) is 24.3 Å². The minimum atomic E-state index is -0.163. The van der Waals surface area contributed by atoms with Crippen molar-refractivity contribution in [2.45, 2.75) is 37.8 Å². The molecule has 1 saturated carbocycles. The first kappa shape index (κ1) is 16.5. The number of rotatable bonds is 4. The van der Waals surface area contributed by atoms with Gasteiger partial charge in [-0.15, -0.1) is 0 Å². The van der Waals surface area contributed by atoms with Crippen LogP contribution >= 0.6 is 27.5 Å². The van der Waals surface area contributed by atoms with Gasteiger partial charge in [0.25, 0.3) is 0 Å². The number of nitrogens with one attached hydrogen (secondary N) is 2. The van der Waals surface area contributed by atoms with E-state index in [9.17, 15) is 5.11 Å². The zero-order valence-corrected chi connectivity index (χ0v) is 14.8. The Bertz CT molecular complexity index is 660. The third-order valence-corrected chi connectivity index (χ3v) is 4.71. The predicted octanol–water partition coefficient (Wildman–Crippen LogP) is 4.35. The summed E-state index contributed by atoms with van der Waals surface area (Å²) >= 11 is 9.37. The molecule has 0 spiro atoms. The van der Waals surface area contributed by atoms with Gasteiger partial charge < -0.3 is 15.7 Å². The van der Waals surface area contributed by atoms with Gasteiger partial charge in [-0.05, 0) is 65.9 Å². The summed E-state index contributed by atoms with van der Waals surface area (Å²) in [5.74, 6) is 1.28. The molecular formula is C16H18BrClN4O. The lowest BCUT2D eigenvalue weighted by molar-refractivity contribution is 0.126. The number of hydrogen-bond acceptors (Lipinski definition) is 5. The number of halogens is 2. The van der Waals surface area contributed by atoms with Crippen LogP contribution in [-0.2, 0) is 0 Å². The molecule has 0 bridgehead atoms. The summed E-state index contributed by atoms with van der Waals surface area (Å²) in [4.78, 5) is 8.81.